The first-order chi connectivity index (χ1) is 7.34. The molecule has 1 N–H and O–H groups in total. The molecule has 2 heteroatoms. The number of piperidine rings is 1. The minimum absolute atomic E-state index is 0.809. The van der Waals surface area contributed by atoms with Crippen molar-refractivity contribution in [1.29, 1.82) is 0 Å². The molecule has 0 aliphatic carbocycles. The molecule has 0 radical (unpaired) electrons. The van der Waals surface area contributed by atoms with E-state index in [1.165, 1.54) is 32.2 Å². The molecule has 2 nitrogen and oxygen atoms in total. The van der Waals surface area contributed by atoms with Crippen LogP contribution in [-0.4, -0.2) is 37.6 Å². The van der Waals surface area contributed by atoms with Crippen LogP contribution in [0.25, 0.3) is 0 Å². The predicted octanol–water partition coefficient (Wildman–Crippen LogP) is 1.86. The third kappa shape index (κ3) is 5.20. The first-order valence-corrected chi connectivity index (χ1v) is 6.15. The van der Waals surface area contributed by atoms with Crippen molar-refractivity contribution in [2.45, 2.75) is 45.1 Å². The van der Waals surface area contributed by atoms with Crippen LogP contribution in [-0.2, 0) is 0 Å². The van der Waals surface area contributed by atoms with Crippen LogP contribution in [0, 0.1) is 11.8 Å². The van der Waals surface area contributed by atoms with E-state index in [1.54, 1.807) is 0 Å². The summed E-state index contributed by atoms with van der Waals surface area (Å²) >= 11 is 0. The Balaban J connectivity index is 2.00. The van der Waals surface area contributed by atoms with E-state index >= 15 is 0 Å². The fourth-order valence-electron chi connectivity index (χ4n) is 2.18. The molecule has 1 fully saturated rings. The van der Waals surface area contributed by atoms with Gasteiger partial charge >= 0.3 is 0 Å². The second kappa shape index (κ2) is 7.73. The highest BCUT2D eigenvalue weighted by Gasteiger charge is 2.17. The van der Waals surface area contributed by atoms with E-state index < -0.39 is 0 Å². The van der Waals surface area contributed by atoms with Crippen LogP contribution in [0.5, 0.6) is 0 Å². The van der Waals surface area contributed by atoms with Crippen molar-refractivity contribution in [1.82, 2.24) is 10.2 Å². The first kappa shape index (κ1) is 12.5. The lowest BCUT2D eigenvalue weighted by Crippen LogP contribution is -2.38. The van der Waals surface area contributed by atoms with Crippen LogP contribution in [0.1, 0.15) is 39.0 Å². The maximum Gasteiger partial charge on any atom is 0.0214 e. The fourth-order valence-corrected chi connectivity index (χ4v) is 2.18. The first-order valence-electron chi connectivity index (χ1n) is 6.15. The molecule has 0 aromatic carbocycles. The minimum atomic E-state index is 0.809. The zero-order valence-electron chi connectivity index (χ0n) is 10.2. The molecular weight excluding hydrogens is 184 g/mol. The highest BCUT2D eigenvalue weighted by Crippen LogP contribution is 2.16. The Labute approximate surface area is 94.4 Å². The molecular formula is C13H24N2. The normalized spacial score (nSPS) is 22.1. The summed E-state index contributed by atoms with van der Waals surface area (Å²) in [6, 6.07) is 0.809. The van der Waals surface area contributed by atoms with Crippen LogP contribution < -0.4 is 5.32 Å². The highest BCUT2D eigenvalue weighted by atomic mass is 15.1. The van der Waals surface area contributed by atoms with Crippen LogP contribution >= 0.6 is 0 Å². The summed E-state index contributed by atoms with van der Waals surface area (Å²) in [5.41, 5.74) is 0. The zero-order valence-corrected chi connectivity index (χ0v) is 10.2. The summed E-state index contributed by atoms with van der Waals surface area (Å²) in [7, 11) is 2.26. The van der Waals surface area contributed by atoms with Crippen molar-refractivity contribution in [3.8, 4) is 11.8 Å². The SMILES string of the molecule is CC#CCCNCCC1CCCCN1C. The number of hydrogen-bond donors (Lipinski definition) is 1. The Morgan fingerprint density at radius 1 is 1.33 bits per heavy atom. The maximum absolute atomic E-state index is 3.46. The van der Waals surface area contributed by atoms with Crippen LogP contribution in [0.3, 0.4) is 0 Å². The highest BCUT2D eigenvalue weighted by molar-refractivity contribution is 4.95. The summed E-state index contributed by atoms with van der Waals surface area (Å²) < 4.78 is 0. The summed E-state index contributed by atoms with van der Waals surface area (Å²) in [4.78, 5) is 2.51. The molecule has 1 heterocycles. The van der Waals surface area contributed by atoms with Gasteiger partial charge in [0, 0.05) is 19.0 Å². The molecule has 1 rings (SSSR count). The largest absolute Gasteiger partial charge is 0.316 e. The van der Waals surface area contributed by atoms with Gasteiger partial charge in [-0.1, -0.05) is 6.42 Å². The molecule has 0 bridgehead atoms. The van der Waals surface area contributed by atoms with E-state index in [-0.39, 0.29) is 0 Å². The molecule has 86 valence electrons. The molecule has 0 aromatic heterocycles. The molecule has 1 atom stereocenters. The van der Waals surface area contributed by atoms with Crippen molar-refractivity contribution >= 4 is 0 Å². The average Bonchev–Trinajstić information content (AvgIpc) is 2.25. The lowest BCUT2D eigenvalue weighted by atomic mass is 10.0. The Hall–Kier alpha value is -0.520. The average molecular weight is 208 g/mol. The van der Waals surface area contributed by atoms with E-state index in [4.69, 9.17) is 0 Å². The molecule has 1 saturated heterocycles. The van der Waals surface area contributed by atoms with Crippen LogP contribution in [0.15, 0.2) is 0 Å². The van der Waals surface area contributed by atoms with Crippen molar-refractivity contribution in [3.63, 3.8) is 0 Å². The monoisotopic (exact) mass is 208 g/mol. The summed E-state index contributed by atoms with van der Waals surface area (Å²) in [6.45, 7) is 5.36. The van der Waals surface area contributed by atoms with Gasteiger partial charge in [0.25, 0.3) is 0 Å². The minimum Gasteiger partial charge on any atom is -0.316 e. The van der Waals surface area contributed by atoms with Gasteiger partial charge in [-0.2, -0.15) is 0 Å². The summed E-state index contributed by atoms with van der Waals surface area (Å²) in [6.07, 6.45) is 6.45. The number of likely N-dealkylation sites (tertiary alicyclic amines) is 1. The fraction of sp³-hybridized carbons (Fsp3) is 0.846. The van der Waals surface area contributed by atoms with Crippen molar-refractivity contribution in [2.75, 3.05) is 26.7 Å². The zero-order chi connectivity index (χ0) is 10.9. The quantitative estimate of drug-likeness (QED) is 0.548. The Kier molecular flexibility index (Phi) is 6.47. The summed E-state index contributed by atoms with van der Waals surface area (Å²) in [5, 5.41) is 3.46. The number of nitrogens with zero attached hydrogens (tertiary/aromatic N) is 1. The molecule has 0 amide bonds. The second-order valence-electron chi connectivity index (χ2n) is 4.35. The number of rotatable bonds is 5. The lowest BCUT2D eigenvalue weighted by Gasteiger charge is -2.32. The Morgan fingerprint density at radius 3 is 2.93 bits per heavy atom. The topological polar surface area (TPSA) is 15.3 Å². The molecule has 0 aromatic rings. The van der Waals surface area contributed by atoms with Gasteiger partial charge in [-0.15, -0.1) is 11.8 Å². The van der Waals surface area contributed by atoms with Gasteiger partial charge in [0.2, 0.25) is 0 Å². The summed E-state index contributed by atoms with van der Waals surface area (Å²) in [5.74, 6) is 5.99. The molecule has 1 aliphatic rings. The van der Waals surface area contributed by atoms with Gasteiger partial charge in [-0.25, -0.2) is 0 Å². The van der Waals surface area contributed by atoms with E-state index in [2.05, 4.69) is 29.1 Å². The third-order valence-corrected chi connectivity index (χ3v) is 3.18. The van der Waals surface area contributed by atoms with Crippen LogP contribution in [0.4, 0.5) is 0 Å². The number of nitrogens with one attached hydrogen (secondary N) is 1. The number of hydrogen-bond acceptors (Lipinski definition) is 2. The second-order valence-corrected chi connectivity index (χ2v) is 4.35. The van der Waals surface area contributed by atoms with E-state index in [1.807, 2.05) is 6.92 Å². The smallest absolute Gasteiger partial charge is 0.0214 e. The Morgan fingerprint density at radius 2 is 2.20 bits per heavy atom. The van der Waals surface area contributed by atoms with Crippen molar-refractivity contribution < 1.29 is 0 Å². The standard InChI is InChI=1S/C13H24N2/c1-3-4-6-10-14-11-9-13-8-5-7-12-15(13)2/h13-14H,5-12H2,1-2H3. The molecule has 15 heavy (non-hydrogen) atoms. The van der Waals surface area contributed by atoms with Gasteiger partial charge in [0.1, 0.15) is 0 Å². The van der Waals surface area contributed by atoms with Gasteiger partial charge in [0.05, 0.1) is 0 Å². The van der Waals surface area contributed by atoms with E-state index in [9.17, 15) is 0 Å². The molecule has 0 spiro atoms. The Bertz CT molecular complexity index is 214. The molecule has 0 saturated carbocycles. The van der Waals surface area contributed by atoms with Crippen molar-refractivity contribution in [3.05, 3.63) is 0 Å². The van der Waals surface area contributed by atoms with Crippen LogP contribution in [0.2, 0.25) is 0 Å². The van der Waals surface area contributed by atoms with E-state index in [0.717, 1.165) is 25.6 Å². The van der Waals surface area contributed by atoms with Gasteiger partial charge in [0.15, 0.2) is 0 Å². The molecule has 1 unspecified atom stereocenters. The lowest BCUT2D eigenvalue weighted by molar-refractivity contribution is 0.176. The van der Waals surface area contributed by atoms with E-state index in [0.29, 0.717) is 0 Å². The molecule has 1 aliphatic heterocycles. The predicted molar refractivity (Wildman–Crippen MR) is 65.8 cm³/mol. The van der Waals surface area contributed by atoms with Crippen molar-refractivity contribution in [2.24, 2.45) is 0 Å². The van der Waals surface area contributed by atoms with Gasteiger partial charge in [-0.05, 0) is 46.3 Å². The maximum atomic E-state index is 3.46. The van der Waals surface area contributed by atoms with Gasteiger partial charge in [-0.3, -0.25) is 0 Å². The third-order valence-electron chi connectivity index (χ3n) is 3.18. The van der Waals surface area contributed by atoms with Gasteiger partial charge < -0.3 is 10.2 Å².